The van der Waals surface area contributed by atoms with Crippen molar-refractivity contribution in [2.24, 2.45) is 0 Å². The summed E-state index contributed by atoms with van der Waals surface area (Å²) < 4.78 is 4.64. The topological polar surface area (TPSA) is 75.9 Å². The van der Waals surface area contributed by atoms with Gasteiger partial charge in [0, 0.05) is 20.0 Å². The van der Waals surface area contributed by atoms with Crippen molar-refractivity contribution < 1.29 is 4.52 Å². The zero-order valence-corrected chi connectivity index (χ0v) is 8.97. The molecular formula is C10H13N5O. The minimum absolute atomic E-state index is 0.699. The van der Waals surface area contributed by atoms with Crippen LogP contribution in [-0.4, -0.2) is 28.7 Å². The van der Waals surface area contributed by atoms with Crippen LogP contribution in [0.25, 0.3) is 0 Å². The molecule has 16 heavy (non-hydrogen) atoms. The molecule has 0 aliphatic heterocycles. The summed E-state index contributed by atoms with van der Waals surface area (Å²) in [5, 5.41) is 9.99. The van der Waals surface area contributed by atoms with Crippen molar-refractivity contribution in [1.29, 1.82) is 0 Å². The smallest absolute Gasteiger partial charge is 0.213 e. The number of nitrogens with zero attached hydrogens (tertiary/aromatic N) is 3. The average molecular weight is 219 g/mol. The van der Waals surface area contributed by atoms with Crippen molar-refractivity contribution >= 4 is 11.4 Å². The number of pyridine rings is 1. The van der Waals surface area contributed by atoms with Crippen molar-refractivity contribution in [2.45, 2.75) is 6.42 Å². The number of aromatic nitrogens is 3. The van der Waals surface area contributed by atoms with Crippen LogP contribution in [0.1, 0.15) is 5.82 Å². The average Bonchev–Trinajstić information content (AvgIpc) is 2.82. The Labute approximate surface area is 93.1 Å². The molecule has 2 aromatic rings. The highest BCUT2D eigenvalue weighted by molar-refractivity contribution is 5.53. The maximum atomic E-state index is 4.64. The monoisotopic (exact) mass is 219 g/mol. The van der Waals surface area contributed by atoms with E-state index < -0.39 is 0 Å². The van der Waals surface area contributed by atoms with Gasteiger partial charge in [-0.25, -0.2) is 0 Å². The van der Waals surface area contributed by atoms with Crippen LogP contribution in [0.3, 0.4) is 0 Å². The third-order valence-corrected chi connectivity index (χ3v) is 2.11. The van der Waals surface area contributed by atoms with Gasteiger partial charge in [0.15, 0.2) is 5.82 Å². The van der Waals surface area contributed by atoms with Crippen LogP contribution in [0.4, 0.5) is 11.4 Å². The molecule has 0 saturated heterocycles. The van der Waals surface area contributed by atoms with Gasteiger partial charge in [0.2, 0.25) is 6.39 Å². The van der Waals surface area contributed by atoms with E-state index in [2.05, 4.69) is 30.3 Å². The first-order chi connectivity index (χ1) is 7.88. The van der Waals surface area contributed by atoms with Crippen LogP contribution >= 0.6 is 0 Å². The van der Waals surface area contributed by atoms with E-state index in [1.807, 2.05) is 13.1 Å². The lowest BCUT2D eigenvalue weighted by Gasteiger charge is -2.06. The van der Waals surface area contributed by atoms with Gasteiger partial charge in [-0.1, -0.05) is 5.16 Å². The molecule has 84 valence electrons. The predicted molar refractivity (Wildman–Crippen MR) is 60.3 cm³/mol. The molecule has 0 saturated carbocycles. The van der Waals surface area contributed by atoms with E-state index in [0.717, 1.165) is 24.3 Å². The highest BCUT2D eigenvalue weighted by Gasteiger charge is 1.98. The molecule has 0 atom stereocenters. The minimum Gasteiger partial charge on any atom is -0.387 e. The van der Waals surface area contributed by atoms with Gasteiger partial charge in [0.05, 0.1) is 23.8 Å². The second-order valence-corrected chi connectivity index (χ2v) is 3.24. The van der Waals surface area contributed by atoms with Crippen molar-refractivity contribution in [2.75, 3.05) is 24.2 Å². The molecule has 0 radical (unpaired) electrons. The Hall–Kier alpha value is -2.11. The standard InChI is InChI=1S/C10H13N5O/c1-11-8-4-9(6-12-5-8)13-3-2-10-14-7-16-15-10/h4-7,11,13H,2-3H2,1H3. The second kappa shape index (κ2) is 5.11. The Kier molecular flexibility index (Phi) is 3.32. The van der Waals surface area contributed by atoms with E-state index in [1.54, 1.807) is 12.4 Å². The fraction of sp³-hybridized carbons (Fsp3) is 0.300. The van der Waals surface area contributed by atoms with Crippen LogP contribution in [0.2, 0.25) is 0 Å². The summed E-state index contributed by atoms with van der Waals surface area (Å²) in [5.74, 6) is 0.699. The Morgan fingerprint density at radius 1 is 1.31 bits per heavy atom. The molecular weight excluding hydrogens is 206 g/mol. The molecule has 2 aromatic heterocycles. The number of hydrogen-bond donors (Lipinski definition) is 2. The highest BCUT2D eigenvalue weighted by Crippen LogP contribution is 2.11. The third kappa shape index (κ3) is 2.69. The third-order valence-electron chi connectivity index (χ3n) is 2.11. The summed E-state index contributed by atoms with van der Waals surface area (Å²) in [4.78, 5) is 8.03. The van der Waals surface area contributed by atoms with E-state index >= 15 is 0 Å². The molecule has 0 bridgehead atoms. The number of anilines is 2. The van der Waals surface area contributed by atoms with Crippen LogP contribution in [0, 0.1) is 0 Å². The summed E-state index contributed by atoms with van der Waals surface area (Å²) in [6.07, 6.45) is 5.60. The van der Waals surface area contributed by atoms with Gasteiger partial charge in [0.25, 0.3) is 0 Å². The lowest BCUT2D eigenvalue weighted by molar-refractivity contribution is 0.410. The summed E-state index contributed by atoms with van der Waals surface area (Å²) in [6.45, 7) is 0.744. The van der Waals surface area contributed by atoms with Gasteiger partial charge in [0.1, 0.15) is 0 Å². The van der Waals surface area contributed by atoms with Gasteiger partial charge in [-0.15, -0.1) is 0 Å². The van der Waals surface area contributed by atoms with Crippen LogP contribution < -0.4 is 10.6 Å². The van der Waals surface area contributed by atoms with E-state index in [4.69, 9.17) is 0 Å². The van der Waals surface area contributed by atoms with Crippen molar-refractivity contribution in [3.63, 3.8) is 0 Å². The Morgan fingerprint density at radius 2 is 2.19 bits per heavy atom. The van der Waals surface area contributed by atoms with Gasteiger partial charge in [-0.2, -0.15) is 4.98 Å². The van der Waals surface area contributed by atoms with Crippen LogP contribution in [-0.2, 0) is 6.42 Å². The normalized spacial score (nSPS) is 10.1. The van der Waals surface area contributed by atoms with E-state index in [9.17, 15) is 0 Å². The molecule has 0 aliphatic carbocycles. The SMILES string of the molecule is CNc1cncc(NCCc2ncon2)c1. The molecule has 0 spiro atoms. The first kappa shape index (κ1) is 10.4. The quantitative estimate of drug-likeness (QED) is 0.786. The Bertz CT molecular complexity index is 429. The van der Waals surface area contributed by atoms with Crippen molar-refractivity contribution in [1.82, 2.24) is 15.1 Å². The summed E-state index contributed by atoms with van der Waals surface area (Å²) in [6, 6.07) is 1.99. The molecule has 2 heterocycles. The summed E-state index contributed by atoms with van der Waals surface area (Å²) in [5.41, 5.74) is 1.94. The van der Waals surface area contributed by atoms with E-state index in [0.29, 0.717) is 5.82 Å². The highest BCUT2D eigenvalue weighted by atomic mass is 16.5. The Balaban J connectivity index is 1.85. The molecule has 6 heteroatoms. The zero-order valence-electron chi connectivity index (χ0n) is 8.97. The minimum atomic E-state index is 0.699. The van der Waals surface area contributed by atoms with Crippen LogP contribution in [0.5, 0.6) is 0 Å². The lowest BCUT2D eigenvalue weighted by atomic mass is 10.3. The number of rotatable bonds is 5. The van der Waals surface area contributed by atoms with E-state index in [-0.39, 0.29) is 0 Å². The summed E-state index contributed by atoms with van der Waals surface area (Å²) in [7, 11) is 1.86. The molecule has 0 fully saturated rings. The van der Waals surface area contributed by atoms with Gasteiger partial charge in [-0.05, 0) is 6.07 Å². The van der Waals surface area contributed by atoms with Gasteiger partial charge >= 0.3 is 0 Å². The Morgan fingerprint density at radius 3 is 2.94 bits per heavy atom. The van der Waals surface area contributed by atoms with Gasteiger partial charge in [-0.3, -0.25) is 4.98 Å². The molecule has 6 nitrogen and oxygen atoms in total. The molecule has 0 aliphatic rings. The molecule has 0 amide bonds. The van der Waals surface area contributed by atoms with Gasteiger partial charge < -0.3 is 15.2 Å². The first-order valence-corrected chi connectivity index (χ1v) is 5.00. The summed E-state index contributed by atoms with van der Waals surface area (Å²) >= 11 is 0. The maximum Gasteiger partial charge on any atom is 0.213 e. The predicted octanol–water partition coefficient (Wildman–Crippen LogP) is 1.16. The molecule has 0 aromatic carbocycles. The van der Waals surface area contributed by atoms with Crippen LogP contribution in [0.15, 0.2) is 29.4 Å². The fourth-order valence-electron chi connectivity index (χ4n) is 1.29. The zero-order chi connectivity index (χ0) is 11.2. The molecule has 2 rings (SSSR count). The first-order valence-electron chi connectivity index (χ1n) is 5.00. The molecule has 0 unspecified atom stereocenters. The van der Waals surface area contributed by atoms with Crippen molar-refractivity contribution in [3.8, 4) is 0 Å². The largest absolute Gasteiger partial charge is 0.387 e. The maximum absolute atomic E-state index is 4.64. The second-order valence-electron chi connectivity index (χ2n) is 3.24. The number of hydrogen-bond acceptors (Lipinski definition) is 6. The fourth-order valence-corrected chi connectivity index (χ4v) is 1.29. The van der Waals surface area contributed by atoms with Crippen molar-refractivity contribution in [3.05, 3.63) is 30.7 Å². The number of nitrogens with one attached hydrogen (secondary N) is 2. The molecule has 2 N–H and O–H groups in total. The lowest BCUT2D eigenvalue weighted by Crippen LogP contribution is -2.06. The van der Waals surface area contributed by atoms with E-state index in [1.165, 1.54) is 6.39 Å².